The van der Waals surface area contributed by atoms with Crippen LogP contribution in [0.25, 0.3) is 0 Å². The van der Waals surface area contributed by atoms with Gasteiger partial charge >= 0.3 is 0 Å². The van der Waals surface area contributed by atoms with E-state index in [1.165, 1.54) is 6.07 Å². The van der Waals surface area contributed by atoms with E-state index in [2.05, 4.69) is 15.9 Å². The number of alkyl halides is 1. The van der Waals surface area contributed by atoms with Gasteiger partial charge in [-0.25, -0.2) is 8.78 Å². The summed E-state index contributed by atoms with van der Waals surface area (Å²) in [6.07, 6.45) is 0. The Balaban J connectivity index is 2.41. The van der Waals surface area contributed by atoms with E-state index >= 15 is 0 Å². The maximum absolute atomic E-state index is 13.2. The number of rotatable bonds is 2. The molecule has 1 unspecified atom stereocenters. The summed E-state index contributed by atoms with van der Waals surface area (Å²) in [6.45, 7) is 0. The largest absolute Gasteiger partial charge is 0.204 e. The molecule has 2 aromatic rings. The second-order valence-corrected chi connectivity index (χ2v) is 5.46. The summed E-state index contributed by atoms with van der Waals surface area (Å²) in [5.41, 5.74) is 1.32. The van der Waals surface area contributed by atoms with E-state index in [0.29, 0.717) is 15.6 Å². The molecule has 0 aliphatic carbocycles. The van der Waals surface area contributed by atoms with E-state index in [1.54, 1.807) is 18.2 Å². The van der Waals surface area contributed by atoms with Gasteiger partial charge in [-0.1, -0.05) is 51.3 Å². The zero-order chi connectivity index (χ0) is 13.3. The lowest BCUT2D eigenvalue weighted by Crippen LogP contribution is -1.96. The molecule has 0 radical (unpaired) electrons. The molecule has 0 saturated heterocycles. The molecule has 0 N–H and O–H groups in total. The minimum absolute atomic E-state index is 0.322. The number of benzene rings is 2. The van der Waals surface area contributed by atoms with Crippen molar-refractivity contribution in [2.75, 3.05) is 0 Å². The number of hydrogen-bond donors (Lipinski definition) is 0. The summed E-state index contributed by atoms with van der Waals surface area (Å²) in [4.78, 5) is -0.322. The van der Waals surface area contributed by atoms with Crippen LogP contribution < -0.4 is 0 Å². The van der Waals surface area contributed by atoms with Crippen LogP contribution in [0.4, 0.5) is 8.78 Å². The molecule has 0 bridgehead atoms. The molecular weight excluding hydrogens is 345 g/mol. The lowest BCUT2D eigenvalue weighted by Gasteiger charge is -2.13. The number of hydrogen-bond acceptors (Lipinski definition) is 0. The Kier molecular flexibility index (Phi) is 4.25. The molecule has 0 aliphatic heterocycles. The Morgan fingerprint density at radius 1 is 0.944 bits per heavy atom. The zero-order valence-electron chi connectivity index (χ0n) is 8.93. The lowest BCUT2D eigenvalue weighted by atomic mass is 10.0. The van der Waals surface area contributed by atoms with Crippen molar-refractivity contribution in [3.05, 3.63) is 69.2 Å². The normalized spacial score (nSPS) is 12.5. The summed E-state index contributed by atoms with van der Waals surface area (Å²) < 4.78 is 26.0. The van der Waals surface area contributed by atoms with Crippen molar-refractivity contribution in [1.29, 1.82) is 0 Å². The van der Waals surface area contributed by atoms with Gasteiger partial charge in [0.15, 0.2) is 11.6 Å². The van der Waals surface area contributed by atoms with Crippen molar-refractivity contribution in [3.8, 4) is 0 Å². The third kappa shape index (κ3) is 2.85. The molecule has 0 spiro atoms. The van der Waals surface area contributed by atoms with Gasteiger partial charge < -0.3 is 0 Å². The molecule has 0 amide bonds. The Morgan fingerprint density at radius 3 is 2.28 bits per heavy atom. The van der Waals surface area contributed by atoms with E-state index in [1.807, 2.05) is 0 Å². The second-order valence-electron chi connectivity index (χ2n) is 3.70. The molecule has 94 valence electrons. The Hall–Kier alpha value is -0.640. The maximum Gasteiger partial charge on any atom is 0.159 e. The van der Waals surface area contributed by atoms with Crippen molar-refractivity contribution in [2.45, 2.75) is 4.83 Å². The van der Waals surface area contributed by atoms with E-state index in [-0.39, 0.29) is 4.83 Å². The smallest absolute Gasteiger partial charge is 0.159 e. The van der Waals surface area contributed by atoms with Crippen molar-refractivity contribution in [2.24, 2.45) is 0 Å². The predicted molar refractivity (Wildman–Crippen MR) is 73.6 cm³/mol. The minimum Gasteiger partial charge on any atom is -0.204 e. The summed E-state index contributed by atoms with van der Waals surface area (Å²) >= 11 is 15.3. The molecule has 0 saturated carbocycles. The average molecular weight is 352 g/mol. The molecule has 18 heavy (non-hydrogen) atoms. The minimum atomic E-state index is -0.887. The molecule has 0 aliphatic rings. The first kappa shape index (κ1) is 13.8. The van der Waals surface area contributed by atoms with Crippen LogP contribution >= 0.6 is 39.1 Å². The molecule has 0 fully saturated rings. The van der Waals surface area contributed by atoms with Crippen LogP contribution in [0.1, 0.15) is 16.0 Å². The third-order valence-corrected chi connectivity index (χ3v) is 4.06. The monoisotopic (exact) mass is 350 g/mol. The van der Waals surface area contributed by atoms with Gasteiger partial charge in [0.25, 0.3) is 0 Å². The molecule has 2 rings (SSSR count). The van der Waals surface area contributed by atoms with Gasteiger partial charge in [0.1, 0.15) is 0 Å². The molecule has 0 aromatic heterocycles. The summed E-state index contributed by atoms with van der Waals surface area (Å²) in [6, 6.07) is 8.76. The van der Waals surface area contributed by atoms with Crippen LogP contribution in [0.5, 0.6) is 0 Å². The first-order valence-corrected chi connectivity index (χ1v) is 6.70. The highest BCUT2D eigenvalue weighted by Gasteiger charge is 2.15. The van der Waals surface area contributed by atoms with Gasteiger partial charge in [-0.15, -0.1) is 0 Å². The van der Waals surface area contributed by atoms with Crippen LogP contribution in [0.2, 0.25) is 10.0 Å². The van der Waals surface area contributed by atoms with Gasteiger partial charge in [-0.2, -0.15) is 0 Å². The lowest BCUT2D eigenvalue weighted by molar-refractivity contribution is 0.507. The molecule has 1 atom stereocenters. The molecule has 5 heteroatoms. The van der Waals surface area contributed by atoms with E-state index in [9.17, 15) is 8.78 Å². The van der Waals surface area contributed by atoms with Crippen molar-refractivity contribution < 1.29 is 8.78 Å². The SMILES string of the molecule is Fc1ccc(C(Br)c2ccc(Cl)cc2Cl)cc1F. The highest BCUT2D eigenvalue weighted by Crippen LogP contribution is 2.36. The topological polar surface area (TPSA) is 0 Å². The standard InChI is InChI=1S/C13H7BrCl2F2/c14-13(7-1-4-11(17)12(18)5-7)9-3-2-8(15)6-10(9)16/h1-6,13H. The fraction of sp³-hybridized carbons (Fsp3) is 0.0769. The Bertz CT molecular complexity index is 587. The first-order chi connectivity index (χ1) is 8.49. The molecule has 0 heterocycles. The third-order valence-electron chi connectivity index (χ3n) is 2.47. The molecule has 0 nitrogen and oxygen atoms in total. The summed E-state index contributed by atoms with van der Waals surface area (Å²) in [5.74, 6) is -1.76. The van der Waals surface area contributed by atoms with Crippen molar-refractivity contribution in [3.63, 3.8) is 0 Å². The van der Waals surface area contributed by atoms with Crippen LogP contribution in [-0.4, -0.2) is 0 Å². The Labute approximate surface area is 122 Å². The second kappa shape index (κ2) is 5.55. The van der Waals surface area contributed by atoms with E-state index in [0.717, 1.165) is 17.7 Å². The van der Waals surface area contributed by atoms with Gasteiger partial charge in [0.05, 0.1) is 4.83 Å². The van der Waals surface area contributed by atoms with Crippen molar-refractivity contribution >= 4 is 39.1 Å². The highest BCUT2D eigenvalue weighted by atomic mass is 79.9. The quantitative estimate of drug-likeness (QED) is 0.604. The number of halogens is 5. The van der Waals surface area contributed by atoms with E-state index in [4.69, 9.17) is 23.2 Å². The predicted octanol–water partition coefficient (Wildman–Crippen LogP) is 5.76. The van der Waals surface area contributed by atoms with Crippen LogP contribution in [0, 0.1) is 11.6 Å². The van der Waals surface area contributed by atoms with Crippen molar-refractivity contribution in [1.82, 2.24) is 0 Å². The summed E-state index contributed by atoms with van der Waals surface area (Å²) in [5, 5.41) is 0.989. The fourth-order valence-corrected chi connectivity index (χ4v) is 2.89. The Morgan fingerprint density at radius 2 is 1.67 bits per heavy atom. The van der Waals surface area contributed by atoms with Crippen LogP contribution in [0.3, 0.4) is 0 Å². The molecular formula is C13H7BrCl2F2. The van der Waals surface area contributed by atoms with Crippen LogP contribution in [-0.2, 0) is 0 Å². The van der Waals surface area contributed by atoms with Gasteiger partial charge in [0, 0.05) is 10.0 Å². The average Bonchev–Trinajstić information content (AvgIpc) is 2.32. The maximum atomic E-state index is 13.2. The van der Waals surface area contributed by atoms with Gasteiger partial charge in [0.2, 0.25) is 0 Å². The fourth-order valence-electron chi connectivity index (χ4n) is 1.56. The van der Waals surface area contributed by atoms with E-state index < -0.39 is 11.6 Å². The molecule has 2 aromatic carbocycles. The van der Waals surface area contributed by atoms with Gasteiger partial charge in [-0.05, 0) is 35.4 Å². The van der Waals surface area contributed by atoms with Gasteiger partial charge in [-0.3, -0.25) is 0 Å². The highest BCUT2D eigenvalue weighted by molar-refractivity contribution is 9.09. The zero-order valence-corrected chi connectivity index (χ0v) is 12.0. The first-order valence-electron chi connectivity index (χ1n) is 5.03. The van der Waals surface area contributed by atoms with Crippen LogP contribution in [0.15, 0.2) is 36.4 Å². The summed E-state index contributed by atoms with van der Waals surface area (Å²) in [7, 11) is 0.